The van der Waals surface area contributed by atoms with Crippen LogP contribution in [-0.4, -0.2) is 29.1 Å². The average molecular weight is 251 g/mol. The van der Waals surface area contributed by atoms with Crippen molar-refractivity contribution in [2.45, 2.75) is 33.2 Å². The highest BCUT2D eigenvalue weighted by molar-refractivity contribution is 5.96. The maximum Gasteiger partial charge on any atom is 0.337 e. The summed E-state index contributed by atoms with van der Waals surface area (Å²) in [6.45, 7) is 6.37. The van der Waals surface area contributed by atoms with E-state index in [1.807, 2.05) is 11.9 Å². The Morgan fingerprint density at radius 3 is 2.61 bits per heavy atom. The van der Waals surface area contributed by atoms with E-state index in [9.17, 15) is 4.79 Å². The fraction of sp³-hybridized carbons (Fsp3) is 0.538. The van der Waals surface area contributed by atoms with Gasteiger partial charge in [0.05, 0.1) is 11.3 Å². The number of aromatic carboxylic acids is 1. The molecule has 0 saturated carbocycles. The summed E-state index contributed by atoms with van der Waals surface area (Å²) in [5, 5.41) is 9.03. The number of rotatable bonds is 5. The average Bonchev–Trinajstić information content (AvgIpc) is 2.27. The molecule has 1 unspecified atom stereocenters. The fourth-order valence-electron chi connectivity index (χ4n) is 1.98. The van der Waals surface area contributed by atoms with E-state index in [0.29, 0.717) is 11.7 Å². The highest BCUT2D eigenvalue weighted by Gasteiger charge is 2.19. The van der Waals surface area contributed by atoms with Gasteiger partial charge in [-0.25, -0.2) is 9.78 Å². The largest absolute Gasteiger partial charge is 0.478 e. The molecular formula is C13H21N3O2. The topological polar surface area (TPSA) is 79.5 Å². The summed E-state index contributed by atoms with van der Waals surface area (Å²) in [4.78, 5) is 17.1. The van der Waals surface area contributed by atoms with E-state index >= 15 is 0 Å². The van der Waals surface area contributed by atoms with Gasteiger partial charge in [0.25, 0.3) is 0 Å². The van der Waals surface area contributed by atoms with Gasteiger partial charge >= 0.3 is 5.97 Å². The molecule has 0 radical (unpaired) electrons. The maximum atomic E-state index is 11.0. The number of hydrogen-bond acceptors (Lipinski definition) is 4. The van der Waals surface area contributed by atoms with Gasteiger partial charge in [0.1, 0.15) is 0 Å². The summed E-state index contributed by atoms with van der Waals surface area (Å²) in [7, 11) is 1.89. The van der Waals surface area contributed by atoms with E-state index in [-0.39, 0.29) is 17.3 Å². The zero-order valence-electron chi connectivity index (χ0n) is 11.3. The van der Waals surface area contributed by atoms with Gasteiger partial charge < -0.3 is 15.7 Å². The van der Waals surface area contributed by atoms with Crippen LogP contribution in [0.3, 0.4) is 0 Å². The SMILES string of the molecule is CC(C)CC(C)N(C)c1nccc(C(=O)O)c1N. The lowest BCUT2D eigenvalue weighted by Gasteiger charge is -2.28. The minimum Gasteiger partial charge on any atom is -0.478 e. The van der Waals surface area contributed by atoms with Crippen LogP contribution in [0.5, 0.6) is 0 Å². The molecule has 18 heavy (non-hydrogen) atoms. The highest BCUT2D eigenvalue weighted by atomic mass is 16.4. The molecule has 1 atom stereocenters. The number of nitrogen functional groups attached to an aromatic ring is 1. The molecule has 5 nitrogen and oxygen atoms in total. The Kier molecular flexibility index (Phi) is 4.53. The molecule has 0 aliphatic carbocycles. The van der Waals surface area contributed by atoms with Gasteiger partial charge in [-0.3, -0.25) is 0 Å². The summed E-state index contributed by atoms with van der Waals surface area (Å²) in [6, 6.07) is 1.67. The van der Waals surface area contributed by atoms with Gasteiger partial charge in [-0.05, 0) is 25.3 Å². The molecule has 0 saturated heterocycles. The third-order valence-electron chi connectivity index (χ3n) is 3.01. The summed E-state index contributed by atoms with van der Waals surface area (Å²) >= 11 is 0. The van der Waals surface area contributed by atoms with Gasteiger partial charge in [-0.15, -0.1) is 0 Å². The van der Waals surface area contributed by atoms with E-state index < -0.39 is 5.97 Å². The van der Waals surface area contributed by atoms with Crippen LogP contribution < -0.4 is 10.6 Å². The summed E-state index contributed by atoms with van der Waals surface area (Å²) in [5.41, 5.74) is 6.19. The van der Waals surface area contributed by atoms with Crippen molar-refractivity contribution in [3.05, 3.63) is 17.8 Å². The second-order valence-corrected chi connectivity index (χ2v) is 4.99. The summed E-state index contributed by atoms with van der Waals surface area (Å²) in [5.74, 6) is 0.0652. The van der Waals surface area contributed by atoms with Gasteiger partial charge in [-0.1, -0.05) is 13.8 Å². The summed E-state index contributed by atoms with van der Waals surface area (Å²) < 4.78 is 0. The zero-order chi connectivity index (χ0) is 13.9. The molecule has 0 fully saturated rings. The Balaban J connectivity index is 3.02. The maximum absolute atomic E-state index is 11.0. The van der Waals surface area contributed by atoms with Crippen molar-refractivity contribution in [3.8, 4) is 0 Å². The molecule has 0 amide bonds. The molecule has 1 aromatic rings. The number of nitrogens with zero attached hydrogens (tertiary/aromatic N) is 2. The van der Waals surface area contributed by atoms with E-state index in [1.165, 1.54) is 12.3 Å². The van der Waals surface area contributed by atoms with Gasteiger partial charge in [0, 0.05) is 19.3 Å². The molecule has 1 heterocycles. The van der Waals surface area contributed by atoms with Crippen molar-refractivity contribution in [2.75, 3.05) is 17.7 Å². The summed E-state index contributed by atoms with van der Waals surface area (Å²) in [6.07, 6.45) is 2.47. The Morgan fingerprint density at radius 2 is 2.11 bits per heavy atom. The lowest BCUT2D eigenvalue weighted by Crippen LogP contribution is -2.31. The number of carbonyl (C=O) groups is 1. The van der Waals surface area contributed by atoms with Crippen molar-refractivity contribution in [1.29, 1.82) is 0 Å². The molecule has 1 rings (SSSR count). The van der Waals surface area contributed by atoms with Gasteiger partial charge in [0.2, 0.25) is 0 Å². The van der Waals surface area contributed by atoms with E-state index in [1.54, 1.807) is 0 Å². The minimum atomic E-state index is -1.03. The number of carboxylic acid groups (broad SMARTS) is 1. The molecule has 0 spiro atoms. The Bertz CT molecular complexity index is 432. The molecular weight excluding hydrogens is 230 g/mol. The van der Waals surface area contributed by atoms with Crippen LogP contribution >= 0.6 is 0 Å². The molecule has 5 heteroatoms. The van der Waals surface area contributed by atoms with Crippen LogP contribution in [0, 0.1) is 5.92 Å². The number of hydrogen-bond donors (Lipinski definition) is 2. The third-order valence-corrected chi connectivity index (χ3v) is 3.01. The van der Waals surface area contributed by atoms with Crippen LogP contribution in [-0.2, 0) is 0 Å². The number of carboxylic acids is 1. The zero-order valence-corrected chi connectivity index (χ0v) is 11.3. The van der Waals surface area contributed by atoms with Gasteiger partial charge in [0.15, 0.2) is 5.82 Å². The third kappa shape index (κ3) is 3.12. The van der Waals surface area contributed by atoms with Gasteiger partial charge in [-0.2, -0.15) is 0 Å². The van der Waals surface area contributed by atoms with Crippen molar-refractivity contribution < 1.29 is 9.90 Å². The first-order chi connectivity index (χ1) is 8.34. The lowest BCUT2D eigenvalue weighted by molar-refractivity contribution is 0.0698. The first kappa shape index (κ1) is 14.3. The molecule has 1 aromatic heterocycles. The predicted molar refractivity (Wildman–Crippen MR) is 72.9 cm³/mol. The van der Waals surface area contributed by atoms with E-state index in [2.05, 4.69) is 25.8 Å². The Morgan fingerprint density at radius 1 is 1.50 bits per heavy atom. The number of anilines is 2. The normalized spacial score (nSPS) is 12.5. The Labute approximate surface area is 108 Å². The number of aromatic nitrogens is 1. The second kappa shape index (κ2) is 5.71. The van der Waals surface area contributed by atoms with Crippen LogP contribution in [0.4, 0.5) is 11.5 Å². The molecule has 0 aliphatic rings. The van der Waals surface area contributed by atoms with Crippen molar-refractivity contribution >= 4 is 17.5 Å². The molecule has 100 valence electrons. The predicted octanol–water partition coefficient (Wildman–Crippen LogP) is 2.23. The molecule has 0 bridgehead atoms. The second-order valence-electron chi connectivity index (χ2n) is 4.99. The molecule has 3 N–H and O–H groups in total. The monoisotopic (exact) mass is 251 g/mol. The van der Waals surface area contributed by atoms with Crippen LogP contribution in [0.15, 0.2) is 12.3 Å². The van der Waals surface area contributed by atoms with Crippen LogP contribution in [0.25, 0.3) is 0 Å². The van der Waals surface area contributed by atoms with Crippen molar-refractivity contribution in [2.24, 2.45) is 5.92 Å². The minimum absolute atomic E-state index is 0.101. The lowest BCUT2D eigenvalue weighted by atomic mass is 10.0. The van der Waals surface area contributed by atoms with E-state index in [4.69, 9.17) is 10.8 Å². The van der Waals surface area contributed by atoms with E-state index in [0.717, 1.165) is 6.42 Å². The first-order valence-electron chi connectivity index (χ1n) is 6.05. The quantitative estimate of drug-likeness (QED) is 0.839. The number of nitrogens with two attached hydrogens (primary N) is 1. The fourth-order valence-corrected chi connectivity index (χ4v) is 1.98. The molecule has 0 aromatic carbocycles. The van der Waals surface area contributed by atoms with Crippen molar-refractivity contribution in [1.82, 2.24) is 4.98 Å². The molecule has 0 aliphatic heterocycles. The highest BCUT2D eigenvalue weighted by Crippen LogP contribution is 2.26. The van der Waals surface area contributed by atoms with Crippen LogP contribution in [0.2, 0.25) is 0 Å². The Hall–Kier alpha value is -1.78. The standard InChI is InChI=1S/C13H21N3O2/c1-8(2)7-9(3)16(4)12-11(14)10(13(17)18)5-6-15-12/h5-6,8-9H,7,14H2,1-4H3,(H,17,18). The smallest absolute Gasteiger partial charge is 0.337 e. The number of pyridine rings is 1. The van der Waals surface area contributed by atoms with Crippen LogP contribution in [0.1, 0.15) is 37.6 Å². The first-order valence-corrected chi connectivity index (χ1v) is 6.05. The van der Waals surface area contributed by atoms with Crippen molar-refractivity contribution in [3.63, 3.8) is 0 Å².